The lowest BCUT2D eigenvalue weighted by Crippen LogP contribution is -2.12. The zero-order chi connectivity index (χ0) is 18.5. The van der Waals surface area contributed by atoms with Crippen LogP contribution >= 0.6 is 11.3 Å². The number of aromatic nitrogens is 1. The summed E-state index contributed by atoms with van der Waals surface area (Å²) in [4.78, 5) is 4.76. The van der Waals surface area contributed by atoms with E-state index in [0.29, 0.717) is 16.1 Å². The molecule has 0 amide bonds. The monoisotopic (exact) mass is 377 g/mol. The van der Waals surface area contributed by atoms with Crippen molar-refractivity contribution in [3.63, 3.8) is 0 Å². The van der Waals surface area contributed by atoms with Gasteiger partial charge in [0.2, 0.25) is 4.80 Å². The predicted octanol–water partition coefficient (Wildman–Crippen LogP) is 4.37. The van der Waals surface area contributed by atoms with E-state index in [1.807, 2.05) is 5.38 Å². The molecule has 4 nitrogen and oxygen atoms in total. The molecule has 2 aromatic carbocycles. The molecule has 0 N–H and O–H groups in total. The minimum atomic E-state index is -2.92. The molecule has 0 radical (unpaired) electrons. The van der Waals surface area contributed by atoms with Crippen LogP contribution in [-0.2, 0) is 0 Å². The van der Waals surface area contributed by atoms with Crippen LogP contribution in [0.1, 0.15) is 5.56 Å². The summed E-state index contributed by atoms with van der Waals surface area (Å²) in [5.41, 5.74) is 1.87. The van der Waals surface area contributed by atoms with Crippen molar-refractivity contribution in [2.45, 2.75) is 6.61 Å². The highest BCUT2D eigenvalue weighted by molar-refractivity contribution is 7.07. The topological polar surface area (TPSA) is 38.9 Å². The number of thiazole rings is 1. The van der Waals surface area contributed by atoms with Gasteiger partial charge in [-0.1, -0.05) is 12.1 Å². The van der Waals surface area contributed by atoms with E-state index in [1.165, 1.54) is 35.8 Å². The standard InChI is InChI=1S/C18H14F3N3OS/c1-22-18-24(15(11-26-18)12-6-8-14(19)9-7-12)23-10-13-4-2-3-5-16(13)25-17(20)21/h2-11,17H,1H3/b22-18?,23-10-. The molecule has 1 aromatic heterocycles. The summed E-state index contributed by atoms with van der Waals surface area (Å²) in [6.45, 7) is -2.92. The second kappa shape index (κ2) is 8.01. The van der Waals surface area contributed by atoms with Crippen molar-refractivity contribution < 1.29 is 17.9 Å². The molecule has 0 saturated carbocycles. The van der Waals surface area contributed by atoms with Crippen LogP contribution in [0.15, 0.2) is 64.0 Å². The first-order chi connectivity index (χ1) is 12.6. The van der Waals surface area contributed by atoms with Gasteiger partial charge in [0.25, 0.3) is 0 Å². The average molecular weight is 377 g/mol. The van der Waals surface area contributed by atoms with Crippen molar-refractivity contribution in [2.75, 3.05) is 7.05 Å². The van der Waals surface area contributed by atoms with Gasteiger partial charge in [0, 0.05) is 23.6 Å². The Hall–Kier alpha value is -2.87. The van der Waals surface area contributed by atoms with Gasteiger partial charge >= 0.3 is 6.61 Å². The van der Waals surface area contributed by atoms with Gasteiger partial charge in [-0.05, 0) is 36.4 Å². The minimum Gasteiger partial charge on any atom is -0.434 e. The van der Waals surface area contributed by atoms with E-state index in [-0.39, 0.29) is 11.6 Å². The molecule has 0 fully saturated rings. The first-order valence-corrected chi connectivity index (χ1v) is 8.44. The van der Waals surface area contributed by atoms with Crippen LogP contribution in [0.2, 0.25) is 0 Å². The van der Waals surface area contributed by atoms with Crippen molar-refractivity contribution in [3.8, 4) is 17.0 Å². The molecule has 0 atom stereocenters. The molecule has 3 rings (SSSR count). The van der Waals surface area contributed by atoms with Crippen LogP contribution in [0.5, 0.6) is 5.75 Å². The maximum absolute atomic E-state index is 13.2. The lowest BCUT2D eigenvalue weighted by Gasteiger charge is -2.07. The Morgan fingerprint density at radius 2 is 1.85 bits per heavy atom. The zero-order valence-corrected chi connectivity index (χ0v) is 14.5. The third-order valence-electron chi connectivity index (χ3n) is 3.46. The van der Waals surface area contributed by atoms with Gasteiger partial charge in [0.15, 0.2) is 0 Å². The first-order valence-electron chi connectivity index (χ1n) is 7.56. The average Bonchev–Trinajstić information content (AvgIpc) is 3.04. The fourth-order valence-corrected chi connectivity index (χ4v) is 3.10. The van der Waals surface area contributed by atoms with Crippen molar-refractivity contribution in [3.05, 3.63) is 70.1 Å². The second-order valence-electron chi connectivity index (χ2n) is 5.11. The molecule has 0 saturated heterocycles. The molecule has 0 unspecified atom stereocenters. The summed E-state index contributed by atoms with van der Waals surface area (Å²) in [5.74, 6) is -0.307. The number of halogens is 3. The van der Waals surface area contributed by atoms with Gasteiger partial charge in [-0.2, -0.15) is 13.9 Å². The molecular weight excluding hydrogens is 363 g/mol. The quantitative estimate of drug-likeness (QED) is 0.609. The maximum atomic E-state index is 13.2. The Morgan fingerprint density at radius 1 is 1.12 bits per heavy atom. The van der Waals surface area contributed by atoms with Crippen LogP contribution in [0.3, 0.4) is 0 Å². The molecule has 0 aliphatic carbocycles. The normalized spacial score (nSPS) is 12.3. The van der Waals surface area contributed by atoms with Crippen LogP contribution in [0, 0.1) is 5.82 Å². The third kappa shape index (κ3) is 4.02. The largest absolute Gasteiger partial charge is 0.434 e. The van der Waals surface area contributed by atoms with E-state index in [9.17, 15) is 13.2 Å². The molecular formula is C18H14F3N3OS. The summed E-state index contributed by atoms with van der Waals surface area (Å²) in [6, 6.07) is 12.3. The second-order valence-corrected chi connectivity index (χ2v) is 5.94. The van der Waals surface area contributed by atoms with E-state index in [0.717, 1.165) is 5.56 Å². The van der Waals surface area contributed by atoms with Crippen molar-refractivity contribution in [1.29, 1.82) is 0 Å². The molecule has 3 aromatic rings. The minimum absolute atomic E-state index is 0.0281. The summed E-state index contributed by atoms with van der Waals surface area (Å²) >= 11 is 1.36. The highest BCUT2D eigenvalue weighted by Crippen LogP contribution is 2.22. The van der Waals surface area contributed by atoms with E-state index in [1.54, 1.807) is 42.1 Å². The fourth-order valence-electron chi connectivity index (χ4n) is 2.29. The van der Waals surface area contributed by atoms with Crippen LogP contribution in [-0.4, -0.2) is 24.5 Å². The number of benzene rings is 2. The Bertz CT molecular complexity index is 978. The Kier molecular flexibility index (Phi) is 5.52. The predicted molar refractivity (Wildman–Crippen MR) is 95.3 cm³/mol. The van der Waals surface area contributed by atoms with Crippen molar-refractivity contribution >= 4 is 17.6 Å². The summed E-state index contributed by atoms with van der Waals surface area (Å²) in [5, 5.41) is 6.21. The SMILES string of the molecule is CN=c1scc(-c2ccc(F)cc2)n1/N=C\c1ccccc1OC(F)F. The molecule has 1 heterocycles. The summed E-state index contributed by atoms with van der Waals surface area (Å²) in [7, 11) is 1.63. The molecule has 26 heavy (non-hydrogen) atoms. The smallest absolute Gasteiger partial charge is 0.387 e. The van der Waals surface area contributed by atoms with Gasteiger partial charge < -0.3 is 4.74 Å². The van der Waals surface area contributed by atoms with Gasteiger partial charge in [-0.25, -0.2) is 9.07 Å². The van der Waals surface area contributed by atoms with E-state index in [2.05, 4.69) is 14.8 Å². The number of ether oxygens (including phenoxy) is 1. The molecule has 0 aliphatic heterocycles. The van der Waals surface area contributed by atoms with Gasteiger partial charge in [-0.3, -0.25) is 4.99 Å². The first kappa shape index (κ1) is 17.9. The number of nitrogens with zero attached hydrogens (tertiary/aromatic N) is 3. The lowest BCUT2D eigenvalue weighted by molar-refractivity contribution is -0.0499. The maximum Gasteiger partial charge on any atom is 0.387 e. The van der Waals surface area contributed by atoms with Gasteiger partial charge in [0.05, 0.1) is 11.9 Å². The van der Waals surface area contributed by atoms with Gasteiger partial charge in [-0.15, -0.1) is 11.3 Å². The zero-order valence-electron chi connectivity index (χ0n) is 13.6. The van der Waals surface area contributed by atoms with Crippen LogP contribution in [0.25, 0.3) is 11.3 Å². The fraction of sp³-hybridized carbons (Fsp3) is 0.111. The lowest BCUT2D eigenvalue weighted by atomic mass is 10.2. The Morgan fingerprint density at radius 3 is 2.54 bits per heavy atom. The van der Waals surface area contributed by atoms with Crippen LogP contribution < -0.4 is 9.54 Å². The molecule has 0 bridgehead atoms. The van der Waals surface area contributed by atoms with Crippen molar-refractivity contribution in [1.82, 2.24) is 4.68 Å². The number of para-hydroxylation sites is 1. The number of rotatable bonds is 5. The summed E-state index contributed by atoms with van der Waals surface area (Å²) in [6.07, 6.45) is 1.42. The van der Waals surface area contributed by atoms with E-state index >= 15 is 0 Å². The number of alkyl halides is 2. The Labute approximate surface area is 151 Å². The van der Waals surface area contributed by atoms with E-state index in [4.69, 9.17) is 0 Å². The third-order valence-corrected chi connectivity index (χ3v) is 4.37. The molecule has 134 valence electrons. The van der Waals surface area contributed by atoms with Crippen LogP contribution in [0.4, 0.5) is 13.2 Å². The molecule has 0 aliphatic rings. The highest BCUT2D eigenvalue weighted by atomic mass is 32.1. The number of hydrogen-bond donors (Lipinski definition) is 0. The number of hydrogen-bond acceptors (Lipinski definition) is 4. The van der Waals surface area contributed by atoms with Gasteiger partial charge in [0.1, 0.15) is 11.6 Å². The highest BCUT2D eigenvalue weighted by Gasteiger charge is 2.10. The Balaban J connectivity index is 2.02. The van der Waals surface area contributed by atoms with Crippen molar-refractivity contribution in [2.24, 2.45) is 10.1 Å². The molecule has 8 heteroatoms. The summed E-state index contributed by atoms with van der Waals surface area (Å²) < 4.78 is 44.3. The molecule has 0 spiro atoms. The van der Waals surface area contributed by atoms with E-state index < -0.39 is 6.61 Å².